The number of hydrogen-bond donors (Lipinski definition) is 0. The van der Waals surface area contributed by atoms with Gasteiger partial charge in [-0.05, 0) is 19.4 Å². The monoisotopic (exact) mass is 244 g/mol. The molecule has 3 rings (SSSR count). The highest BCUT2D eigenvalue weighted by molar-refractivity contribution is 6.02. The van der Waals surface area contributed by atoms with Crippen molar-refractivity contribution in [2.24, 2.45) is 5.92 Å². The molecule has 0 saturated carbocycles. The van der Waals surface area contributed by atoms with E-state index in [-0.39, 0.29) is 30.0 Å². The van der Waals surface area contributed by atoms with Gasteiger partial charge in [0.1, 0.15) is 5.78 Å². The van der Waals surface area contributed by atoms with Crippen molar-refractivity contribution < 1.29 is 14.3 Å². The smallest absolute Gasteiger partial charge is 0.164 e. The Morgan fingerprint density at radius 2 is 1.94 bits per heavy atom. The van der Waals surface area contributed by atoms with Crippen molar-refractivity contribution in [3.8, 4) is 0 Å². The maximum Gasteiger partial charge on any atom is 0.164 e. The van der Waals surface area contributed by atoms with Gasteiger partial charge in [0.15, 0.2) is 5.78 Å². The number of carbonyl (C=O) groups is 2. The molecule has 1 aromatic carbocycles. The van der Waals surface area contributed by atoms with Crippen LogP contribution in [0.25, 0.3) is 0 Å². The summed E-state index contributed by atoms with van der Waals surface area (Å²) in [5, 5.41) is 0. The highest BCUT2D eigenvalue weighted by Gasteiger charge is 2.46. The minimum Gasteiger partial charge on any atom is -0.366 e. The standard InChI is InChI=1S/C15H16O3/c1-15(2)8-13(17)11-7-12(16)9-5-3-4-6-10(9)14(11)18-15/h3-6,11,14H,7-8H2,1-2H3. The highest BCUT2D eigenvalue weighted by Crippen LogP contribution is 2.45. The van der Waals surface area contributed by atoms with Crippen LogP contribution in [-0.2, 0) is 9.53 Å². The Bertz CT molecular complexity index is 530. The fraction of sp³-hybridized carbons (Fsp3) is 0.467. The third kappa shape index (κ3) is 1.70. The number of Topliss-reactive ketones (excluding diaryl/α,β-unsaturated/α-hetero) is 2. The topological polar surface area (TPSA) is 43.4 Å². The molecule has 1 saturated heterocycles. The van der Waals surface area contributed by atoms with Gasteiger partial charge in [-0.3, -0.25) is 9.59 Å². The molecule has 0 N–H and O–H groups in total. The molecule has 1 aliphatic heterocycles. The van der Waals surface area contributed by atoms with Crippen LogP contribution in [0.1, 0.15) is 48.7 Å². The lowest BCUT2D eigenvalue weighted by atomic mass is 9.74. The minimum absolute atomic E-state index is 0.0588. The molecular formula is C15H16O3. The van der Waals surface area contributed by atoms with Crippen LogP contribution in [0.4, 0.5) is 0 Å². The molecule has 0 amide bonds. The summed E-state index contributed by atoms with van der Waals surface area (Å²) in [5.41, 5.74) is 1.15. The van der Waals surface area contributed by atoms with Crippen LogP contribution in [0.15, 0.2) is 24.3 Å². The predicted molar refractivity (Wildman–Crippen MR) is 66.4 cm³/mol. The van der Waals surface area contributed by atoms with Crippen molar-refractivity contribution in [1.82, 2.24) is 0 Å². The molecule has 0 radical (unpaired) electrons. The molecule has 2 atom stereocenters. The van der Waals surface area contributed by atoms with E-state index in [0.717, 1.165) is 5.56 Å². The molecule has 0 aromatic heterocycles. The second kappa shape index (κ2) is 3.75. The maximum atomic E-state index is 12.2. The van der Waals surface area contributed by atoms with Crippen LogP contribution < -0.4 is 0 Å². The summed E-state index contributed by atoms with van der Waals surface area (Å²) >= 11 is 0. The summed E-state index contributed by atoms with van der Waals surface area (Å²) in [7, 11) is 0. The van der Waals surface area contributed by atoms with Gasteiger partial charge in [-0.15, -0.1) is 0 Å². The van der Waals surface area contributed by atoms with Crippen molar-refractivity contribution >= 4 is 11.6 Å². The fourth-order valence-corrected chi connectivity index (χ4v) is 3.00. The van der Waals surface area contributed by atoms with Gasteiger partial charge in [-0.1, -0.05) is 24.3 Å². The van der Waals surface area contributed by atoms with E-state index in [1.54, 1.807) is 0 Å². The van der Waals surface area contributed by atoms with E-state index in [1.807, 2.05) is 38.1 Å². The van der Waals surface area contributed by atoms with Crippen molar-refractivity contribution in [2.45, 2.75) is 38.4 Å². The van der Waals surface area contributed by atoms with Gasteiger partial charge in [-0.25, -0.2) is 0 Å². The van der Waals surface area contributed by atoms with Crippen LogP contribution in [0.5, 0.6) is 0 Å². The molecule has 3 nitrogen and oxygen atoms in total. The number of hydrogen-bond acceptors (Lipinski definition) is 3. The van der Waals surface area contributed by atoms with Crippen LogP contribution in [0, 0.1) is 5.92 Å². The SMILES string of the molecule is CC1(C)CC(=O)C2CC(=O)c3ccccc3C2O1. The van der Waals surface area contributed by atoms with E-state index < -0.39 is 5.60 Å². The third-order valence-corrected chi connectivity index (χ3v) is 3.80. The first kappa shape index (κ1) is 11.6. The Hall–Kier alpha value is -1.48. The molecule has 2 aliphatic rings. The first-order valence-electron chi connectivity index (χ1n) is 6.31. The number of rotatable bonds is 0. The van der Waals surface area contributed by atoms with Gasteiger partial charge in [0.2, 0.25) is 0 Å². The van der Waals surface area contributed by atoms with Crippen LogP contribution in [-0.4, -0.2) is 17.2 Å². The zero-order valence-corrected chi connectivity index (χ0v) is 10.6. The van der Waals surface area contributed by atoms with E-state index in [1.165, 1.54) is 0 Å². The Morgan fingerprint density at radius 1 is 1.22 bits per heavy atom. The zero-order chi connectivity index (χ0) is 12.9. The van der Waals surface area contributed by atoms with Gasteiger partial charge >= 0.3 is 0 Å². The van der Waals surface area contributed by atoms with Gasteiger partial charge in [-0.2, -0.15) is 0 Å². The molecule has 1 aliphatic carbocycles. The lowest BCUT2D eigenvalue weighted by Crippen LogP contribution is -2.45. The second-order valence-corrected chi connectivity index (χ2v) is 5.76. The quantitative estimate of drug-likeness (QED) is 0.704. The molecule has 1 heterocycles. The normalized spacial score (nSPS) is 29.7. The first-order valence-corrected chi connectivity index (χ1v) is 6.31. The lowest BCUT2D eigenvalue weighted by Gasteiger charge is -2.42. The van der Waals surface area contributed by atoms with E-state index in [0.29, 0.717) is 12.0 Å². The van der Waals surface area contributed by atoms with Crippen LogP contribution >= 0.6 is 0 Å². The van der Waals surface area contributed by atoms with Crippen molar-refractivity contribution in [3.63, 3.8) is 0 Å². The summed E-state index contributed by atoms with van der Waals surface area (Å²) in [5.74, 6) is -0.0805. The van der Waals surface area contributed by atoms with Crippen molar-refractivity contribution in [1.29, 1.82) is 0 Å². The number of fused-ring (bicyclic) bond motifs is 3. The average molecular weight is 244 g/mol. The van der Waals surface area contributed by atoms with E-state index >= 15 is 0 Å². The molecule has 0 spiro atoms. The molecule has 2 unspecified atom stereocenters. The molecule has 1 fully saturated rings. The molecule has 0 bridgehead atoms. The lowest BCUT2D eigenvalue weighted by molar-refractivity contribution is -0.164. The molecule has 18 heavy (non-hydrogen) atoms. The van der Waals surface area contributed by atoms with Crippen molar-refractivity contribution in [3.05, 3.63) is 35.4 Å². The molecule has 94 valence electrons. The van der Waals surface area contributed by atoms with Gasteiger partial charge in [0, 0.05) is 18.4 Å². The summed E-state index contributed by atoms with van der Waals surface area (Å²) in [4.78, 5) is 24.2. The van der Waals surface area contributed by atoms with Gasteiger partial charge < -0.3 is 4.74 Å². The Balaban J connectivity index is 2.09. The fourth-order valence-electron chi connectivity index (χ4n) is 3.00. The second-order valence-electron chi connectivity index (χ2n) is 5.76. The number of benzene rings is 1. The molecule has 3 heteroatoms. The van der Waals surface area contributed by atoms with Gasteiger partial charge in [0.05, 0.1) is 17.6 Å². The molecular weight excluding hydrogens is 228 g/mol. The zero-order valence-electron chi connectivity index (χ0n) is 10.6. The average Bonchev–Trinajstić information content (AvgIpc) is 2.31. The molecule has 1 aromatic rings. The summed E-state index contributed by atoms with van der Waals surface area (Å²) in [6.07, 6.45) is 0.426. The predicted octanol–water partition coefficient (Wildman–Crippen LogP) is 2.70. The summed E-state index contributed by atoms with van der Waals surface area (Å²) in [6, 6.07) is 7.47. The summed E-state index contributed by atoms with van der Waals surface area (Å²) in [6.45, 7) is 3.86. The van der Waals surface area contributed by atoms with E-state index in [4.69, 9.17) is 4.74 Å². The van der Waals surface area contributed by atoms with E-state index in [2.05, 4.69) is 0 Å². The maximum absolute atomic E-state index is 12.2. The van der Waals surface area contributed by atoms with E-state index in [9.17, 15) is 9.59 Å². The van der Waals surface area contributed by atoms with Gasteiger partial charge in [0.25, 0.3) is 0 Å². The van der Waals surface area contributed by atoms with Crippen LogP contribution in [0.3, 0.4) is 0 Å². The summed E-state index contributed by atoms with van der Waals surface area (Å²) < 4.78 is 6.05. The first-order chi connectivity index (χ1) is 8.48. The number of carbonyl (C=O) groups excluding carboxylic acids is 2. The third-order valence-electron chi connectivity index (χ3n) is 3.80. The number of ether oxygens (including phenoxy) is 1. The largest absolute Gasteiger partial charge is 0.366 e. The highest BCUT2D eigenvalue weighted by atomic mass is 16.5. The van der Waals surface area contributed by atoms with Crippen LogP contribution in [0.2, 0.25) is 0 Å². The Labute approximate surface area is 106 Å². The Morgan fingerprint density at radius 3 is 2.72 bits per heavy atom. The van der Waals surface area contributed by atoms with Crippen molar-refractivity contribution in [2.75, 3.05) is 0 Å². The minimum atomic E-state index is -0.439. The Kier molecular flexibility index (Phi) is 2.42. The number of ketones is 2.